The fraction of sp³-hybridized carbons (Fsp3) is 0.111. The lowest BCUT2D eigenvalue weighted by molar-refractivity contribution is 0.101. The minimum Gasteiger partial charge on any atom is -0.340 e. The van der Waals surface area contributed by atoms with Crippen LogP contribution in [0.2, 0.25) is 5.02 Å². The number of urea groups is 1. The molecule has 11 heteroatoms. The second-order valence-corrected chi connectivity index (χ2v) is 8.14. The molecule has 29 heavy (non-hydrogen) atoms. The van der Waals surface area contributed by atoms with Gasteiger partial charge in [-0.05, 0) is 42.5 Å². The van der Waals surface area contributed by atoms with Crippen molar-refractivity contribution in [3.8, 4) is 0 Å². The molecule has 3 amide bonds. The quantitative estimate of drug-likeness (QED) is 0.581. The van der Waals surface area contributed by atoms with Gasteiger partial charge in [0, 0.05) is 25.2 Å². The van der Waals surface area contributed by atoms with Crippen LogP contribution in [0.5, 0.6) is 0 Å². The number of halogens is 2. The first-order valence-corrected chi connectivity index (χ1v) is 10.1. The van der Waals surface area contributed by atoms with E-state index in [0.29, 0.717) is 11.2 Å². The zero-order valence-electron chi connectivity index (χ0n) is 15.3. The molecule has 3 N–H and O–H groups in total. The van der Waals surface area contributed by atoms with Crippen LogP contribution >= 0.6 is 11.6 Å². The molecule has 3 rings (SSSR count). The number of aryl methyl sites for hydroxylation is 1. The summed E-state index contributed by atoms with van der Waals surface area (Å²) in [4.78, 5) is 23.7. The van der Waals surface area contributed by atoms with Crippen LogP contribution in [-0.4, -0.2) is 32.0 Å². The maximum Gasteiger partial charge on any atom is 0.328 e. The first-order valence-electron chi connectivity index (χ1n) is 8.23. The molecule has 0 saturated heterocycles. The number of fused-ring (bicyclic) bond motifs is 1. The highest BCUT2D eigenvalue weighted by Gasteiger charge is 2.19. The molecule has 1 heterocycles. The molecule has 0 atom stereocenters. The predicted octanol–water partition coefficient (Wildman–Crippen LogP) is 2.84. The second kappa shape index (κ2) is 7.72. The predicted molar refractivity (Wildman–Crippen MR) is 107 cm³/mol. The lowest BCUT2D eigenvalue weighted by Gasteiger charge is -2.09. The zero-order chi connectivity index (χ0) is 21.3. The van der Waals surface area contributed by atoms with Gasteiger partial charge in [0.2, 0.25) is 0 Å². The highest BCUT2D eigenvalue weighted by Crippen LogP contribution is 2.27. The molecule has 0 fully saturated rings. The number of hydrogen-bond donors (Lipinski definition) is 3. The van der Waals surface area contributed by atoms with Crippen LogP contribution in [-0.2, 0) is 17.1 Å². The first-order chi connectivity index (χ1) is 13.6. The van der Waals surface area contributed by atoms with E-state index in [-0.39, 0.29) is 21.0 Å². The van der Waals surface area contributed by atoms with E-state index < -0.39 is 27.8 Å². The fourth-order valence-electron chi connectivity index (χ4n) is 2.71. The van der Waals surface area contributed by atoms with Crippen LogP contribution in [0, 0.1) is 5.82 Å². The molecule has 0 aliphatic rings. The average Bonchev–Trinajstić information content (AvgIpc) is 3.02. The Morgan fingerprint density at radius 3 is 2.38 bits per heavy atom. The van der Waals surface area contributed by atoms with E-state index in [0.717, 1.165) is 0 Å². The summed E-state index contributed by atoms with van der Waals surface area (Å²) in [7, 11) is -1.13. The Labute approximate surface area is 170 Å². The van der Waals surface area contributed by atoms with Crippen molar-refractivity contribution >= 4 is 50.2 Å². The third-order valence-corrected chi connectivity index (χ3v) is 5.86. The summed E-state index contributed by atoms with van der Waals surface area (Å²) in [5, 5.41) is 4.93. The van der Waals surface area contributed by atoms with Crippen molar-refractivity contribution in [2.75, 3.05) is 12.4 Å². The molecule has 152 valence electrons. The summed E-state index contributed by atoms with van der Waals surface area (Å²) in [5.41, 5.74) is 1.01. The van der Waals surface area contributed by atoms with Gasteiger partial charge < -0.3 is 15.2 Å². The van der Waals surface area contributed by atoms with Crippen molar-refractivity contribution in [3.63, 3.8) is 0 Å². The highest BCUT2D eigenvalue weighted by atomic mass is 35.5. The smallest absolute Gasteiger partial charge is 0.328 e. The van der Waals surface area contributed by atoms with Crippen molar-refractivity contribution in [2.24, 2.45) is 7.05 Å². The van der Waals surface area contributed by atoms with Gasteiger partial charge in [-0.25, -0.2) is 22.3 Å². The zero-order valence-corrected chi connectivity index (χ0v) is 16.9. The van der Waals surface area contributed by atoms with Crippen molar-refractivity contribution in [1.29, 1.82) is 0 Å². The number of amides is 3. The maximum absolute atomic E-state index is 14.2. The van der Waals surface area contributed by atoms with Gasteiger partial charge in [0.25, 0.3) is 15.9 Å². The Hall–Kier alpha value is -3.11. The number of carbonyl (C=O) groups excluding carboxylic acids is 2. The number of benzene rings is 2. The van der Waals surface area contributed by atoms with Gasteiger partial charge in [0.05, 0.1) is 15.4 Å². The van der Waals surface area contributed by atoms with Gasteiger partial charge in [0.1, 0.15) is 5.69 Å². The van der Waals surface area contributed by atoms with E-state index in [4.69, 9.17) is 11.6 Å². The fourth-order valence-corrected chi connectivity index (χ4v) is 3.83. The van der Waals surface area contributed by atoms with Gasteiger partial charge in [0.15, 0.2) is 5.82 Å². The van der Waals surface area contributed by atoms with Gasteiger partial charge in [-0.2, -0.15) is 0 Å². The monoisotopic (exact) mass is 438 g/mol. The van der Waals surface area contributed by atoms with Crippen molar-refractivity contribution < 1.29 is 22.4 Å². The van der Waals surface area contributed by atoms with Crippen molar-refractivity contribution in [1.82, 2.24) is 14.6 Å². The molecular weight excluding hydrogens is 423 g/mol. The molecule has 0 aliphatic carbocycles. The van der Waals surface area contributed by atoms with Crippen LogP contribution < -0.4 is 15.4 Å². The normalized spacial score (nSPS) is 11.3. The van der Waals surface area contributed by atoms with E-state index in [1.165, 1.54) is 48.0 Å². The Kier molecular flexibility index (Phi) is 5.49. The van der Waals surface area contributed by atoms with Crippen LogP contribution in [0.4, 0.5) is 14.9 Å². The molecule has 8 nitrogen and oxygen atoms in total. The Bertz CT molecular complexity index is 1220. The Morgan fingerprint density at radius 2 is 1.76 bits per heavy atom. The Morgan fingerprint density at radius 1 is 1.10 bits per heavy atom. The number of rotatable bonds is 4. The molecule has 0 radical (unpaired) electrons. The van der Waals surface area contributed by atoms with Gasteiger partial charge in [-0.3, -0.25) is 4.79 Å². The van der Waals surface area contributed by atoms with E-state index in [9.17, 15) is 22.4 Å². The van der Waals surface area contributed by atoms with Gasteiger partial charge in [-0.1, -0.05) is 11.6 Å². The standard InChI is InChI=1S/C18H16ClFN4O4S/c1-21-18(26)23-29(27,28)11-5-3-10(4-6-11)22-17(25)15-9-12-14(24(15)2)8-7-13(19)16(12)20/h3-9H,1-2H3,(H,22,25)(H2,21,23,26). The second-order valence-electron chi connectivity index (χ2n) is 6.05. The summed E-state index contributed by atoms with van der Waals surface area (Å²) < 4.78 is 41.6. The average molecular weight is 439 g/mol. The highest BCUT2D eigenvalue weighted by molar-refractivity contribution is 7.90. The molecule has 0 bridgehead atoms. The van der Waals surface area contributed by atoms with E-state index in [1.807, 2.05) is 4.72 Å². The summed E-state index contributed by atoms with van der Waals surface area (Å²) in [6.45, 7) is 0. The molecule has 3 aromatic rings. The SMILES string of the molecule is CNC(=O)NS(=O)(=O)c1ccc(NC(=O)c2cc3c(F)c(Cl)ccc3n2C)cc1. The number of hydrogen-bond acceptors (Lipinski definition) is 4. The number of sulfonamides is 1. The van der Waals surface area contributed by atoms with E-state index in [1.54, 1.807) is 13.1 Å². The van der Waals surface area contributed by atoms with Crippen LogP contribution in [0.15, 0.2) is 47.4 Å². The lowest BCUT2D eigenvalue weighted by Crippen LogP contribution is -2.37. The summed E-state index contributed by atoms with van der Waals surface area (Å²) >= 11 is 5.79. The minimum absolute atomic E-state index is 0.0442. The molecule has 0 spiro atoms. The topological polar surface area (TPSA) is 109 Å². The van der Waals surface area contributed by atoms with E-state index in [2.05, 4.69) is 10.6 Å². The van der Waals surface area contributed by atoms with Crippen LogP contribution in [0.25, 0.3) is 10.9 Å². The van der Waals surface area contributed by atoms with Crippen LogP contribution in [0.1, 0.15) is 10.5 Å². The third-order valence-electron chi connectivity index (χ3n) is 4.22. The number of nitrogens with one attached hydrogen (secondary N) is 3. The number of nitrogens with zero attached hydrogens (tertiary/aromatic N) is 1. The summed E-state index contributed by atoms with van der Waals surface area (Å²) in [6, 6.07) is 8.75. The summed E-state index contributed by atoms with van der Waals surface area (Å²) in [6.07, 6.45) is 0. The number of anilines is 1. The first kappa shape index (κ1) is 20.6. The van der Waals surface area contributed by atoms with Gasteiger partial charge >= 0.3 is 6.03 Å². The number of aromatic nitrogens is 1. The Balaban J connectivity index is 1.83. The number of carbonyl (C=O) groups is 2. The maximum atomic E-state index is 14.2. The minimum atomic E-state index is -4.03. The third kappa shape index (κ3) is 4.03. The summed E-state index contributed by atoms with van der Waals surface area (Å²) in [5.74, 6) is -1.13. The molecule has 0 aliphatic heterocycles. The molecule has 0 saturated carbocycles. The largest absolute Gasteiger partial charge is 0.340 e. The van der Waals surface area contributed by atoms with E-state index >= 15 is 0 Å². The van der Waals surface area contributed by atoms with Crippen molar-refractivity contribution in [2.45, 2.75) is 4.90 Å². The lowest BCUT2D eigenvalue weighted by atomic mass is 10.2. The molecule has 0 unspecified atom stereocenters. The molecule has 1 aromatic heterocycles. The molecule has 2 aromatic carbocycles. The van der Waals surface area contributed by atoms with Crippen molar-refractivity contribution in [3.05, 3.63) is 59.0 Å². The van der Waals surface area contributed by atoms with Gasteiger partial charge in [-0.15, -0.1) is 0 Å². The molecular formula is C18H16ClFN4O4S. The van der Waals surface area contributed by atoms with Crippen LogP contribution in [0.3, 0.4) is 0 Å².